The number of rotatable bonds is 0. The Morgan fingerprint density at radius 3 is 2.07 bits per heavy atom. The summed E-state index contributed by atoms with van der Waals surface area (Å²) in [5.74, 6) is 0. The van der Waals surface area contributed by atoms with E-state index in [0.717, 1.165) is 6.42 Å². The molecule has 0 saturated heterocycles. The third kappa shape index (κ3) is 7.05. The van der Waals surface area contributed by atoms with E-state index >= 15 is 0 Å². The van der Waals surface area contributed by atoms with E-state index in [1.807, 2.05) is 6.07 Å². The van der Waals surface area contributed by atoms with E-state index < -0.39 is 0 Å². The zero-order valence-corrected chi connectivity index (χ0v) is 22.2. The predicted octanol–water partition coefficient (Wildman–Crippen LogP) is 6.99. The van der Waals surface area contributed by atoms with Crippen molar-refractivity contribution in [3.63, 3.8) is 0 Å². The van der Waals surface area contributed by atoms with E-state index in [4.69, 9.17) is 0 Å². The Labute approximate surface area is 194 Å². The summed E-state index contributed by atoms with van der Waals surface area (Å²) in [6, 6.07) is 20.3. The Bertz CT molecular complexity index is 790. The summed E-state index contributed by atoms with van der Waals surface area (Å²) in [6.07, 6.45) is 1.05. The first-order valence-electron chi connectivity index (χ1n) is 9.42. The minimum absolute atomic E-state index is 0. The fourth-order valence-corrected chi connectivity index (χ4v) is 3.13. The molecule has 1 aliphatic carbocycles. The van der Waals surface area contributed by atoms with Gasteiger partial charge >= 0.3 is 26.2 Å². The number of benzene rings is 2. The summed E-state index contributed by atoms with van der Waals surface area (Å²) in [5, 5.41) is 0. The Kier molecular flexibility index (Phi) is 12.0. The van der Waals surface area contributed by atoms with Crippen molar-refractivity contribution >= 4 is 8.80 Å². The van der Waals surface area contributed by atoms with Gasteiger partial charge in [-0.05, 0) is 6.42 Å². The van der Waals surface area contributed by atoms with Gasteiger partial charge in [0.1, 0.15) is 0 Å². The molecule has 0 radical (unpaired) electrons. The van der Waals surface area contributed by atoms with Gasteiger partial charge in [0.15, 0.2) is 0 Å². The molecular weight excluding hydrogens is 432 g/mol. The van der Waals surface area contributed by atoms with Crippen molar-refractivity contribution in [1.82, 2.24) is 0 Å². The molecule has 0 amide bonds. The van der Waals surface area contributed by atoms with E-state index in [1.54, 1.807) is 0 Å². The van der Waals surface area contributed by atoms with Gasteiger partial charge in [0.25, 0.3) is 0 Å². The Hall–Kier alpha value is -1.11. The van der Waals surface area contributed by atoms with E-state index in [1.165, 1.54) is 44.5 Å². The molecule has 3 aromatic rings. The van der Waals surface area contributed by atoms with Crippen LogP contribution in [0.2, 0.25) is 13.1 Å². The molecule has 0 aliphatic heterocycles. The van der Waals surface area contributed by atoms with Crippen LogP contribution < -0.4 is 0 Å². The molecule has 2 heteroatoms. The molecule has 0 fully saturated rings. The van der Waals surface area contributed by atoms with Crippen molar-refractivity contribution in [3.05, 3.63) is 102 Å². The number of hydrogen-bond acceptors (Lipinski definition) is 0. The van der Waals surface area contributed by atoms with Crippen molar-refractivity contribution in [1.29, 1.82) is 0 Å². The van der Waals surface area contributed by atoms with Gasteiger partial charge in [-0.1, -0.05) is 76.2 Å². The molecule has 0 heterocycles. The van der Waals surface area contributed by atoms with Crippen LogP contribution in [-0.2, 0) is 32.6 Å². The molecule has 0 nitrogen and oxygen atoms in total. The summed E-state index contributed by atoms with van der Waals surface area (Å²) in [4.78, 5) is 0. The van der Waals surface area contributed by atoms with Crippen LogP contribution in [0.3, 0.4) is 0 Å². The summed E-state index contributed by atoms with van der Waals surface area (Å²) in [7, 11) is -0.389. The molecule has 28 heavy (non-hydrogen) atoms. The molecule has 0 unspecified atom stereocenters. The van der Waals surface area contributed by atoms with Crippen LogP contribution in [0.1, 0.15) is 33.4 Å². The van der Waals surface area contributed by atoms with Crippen molar-refractivity contribution in [3.8, 4) is 11.1 Å². The van der Waals surface area contributed by atoms with E-state index in [2.05, 4.69) is 95.9 Å². The van der Waals surface area contributed by atoms with Gasteiger partial charge in [-0.15, -0.1) is 14.4 Å². The van der Waals surface area contributed by atoms with E-state index in [-0.39, 0.29) is 42.4 Å². The molecule has 0 bridgehead atoms. The zero-order chi connectivity index (χ0) is 19.3. The summed E-state index contributed by atoms with van der Waals surface area (Å²) >= 11 is 0. The normalized spacial score (nSPS) is 10.3. The maximum absolute atomic E-state index is 3.78. The minimum atomic E-state index is -0.389. The molecule has 0 spiro atoms. The van der Waals surface area contributed by atoms with Gasteiger partial charge in [-0.25, -0.2) is 0 Å². The monoisotopic (exact) mass is 464 g/mol. The maximum atomic E-state index is 3.78. The third-order valence-electron chi connectivity index (χ3n) is 4.80. The second kappa shape index (κ2) is 12.5. The van der Waals surface area contributed by atoms with Crippen LogP contribution >= 0.6 is 0 Å². The van der Waals surface area contributed by atoms with Crippen LogP contribution in [0.25, 0.3) is 11.1 Å². The molecule has 0 saturated carbocycles. The van der Waals surface area contributed by atoms with Crippen LogP contribution in [0, 0.1) is 47.7 Å². The number of fused-ring (bicyclic) bond motifs is 3. The SMILES string of the molecule is Cc1c[c-](C)c(C)c1C.[CH2-][SiH](C)C.[CH3-].[Zr+4].[c-]1cccc2c1Cc1ccccc1-2. The standard InChI is InChI=1S/C13H9.C9H13.C3H9Si.CH3.Zr/c1-3-7-12-10(5-1)9-11-6-2-4-8-13(11)12;1-6-5-7(2)9(4)8(6)3;1-4(2)3;;/h1-5,7-8H,9H2;5H,1-4H3;4H,1H2,2-3H3;1H3;/q4*-1;+4. The Morgan fingerprint density at radius 2 is 1.57 bits per heavy atom. The zero-order valence-electron chi connectivity index (χ0n) is 18.6. The average Bonchev–Trinajstić information content (AvgIpc) is 3.08. The van der Waals surface area contributed by atoms with Gasteiger partial charge in [0.05, 0.1) is 0 Å². The van der Waals surface area contributed by atoms with Gasteiger partial charge in [0.2, 0.25) is 0 Å². The van der Waals surface area contributed by atoms with Gasteiger partial charge < -0.3 is 14.0 Å². The average molecular weight is 466 g/mol. The largest absolute Gasteiger partial charge is 4.00 e. The van der Waals surface area contributed by atoms with Gasteiger partial charge in [-0.3, -0.25) is 0 Å². The molecule has 1 aliphatic rings. The first-order chi connectivity index (χ1) is 12.3. The van der Waals surface area contributed by atoms with Crippen molar-refractivity contribution in [2.45, 2.75) is 47.2 Å². The summed E-state index contributed by atoms with van der Waals surface area (Å²) in [5.41, 5.74) is 11.3. The predicted molar refractivity (Wildman–Crippen MR) is 125 cm³/mol. The minimum Gasteiger partial charge on any atom is -0.358 e. The fraction of sp³-hybridized carbons (Fsp3) is 0.269. The summed E-state index contributed by atoms with van der Waals surface area (Å²) < 4.78 is 0. The molecule has 146 valence electrons. The van der Waals surface area contributed by atoms with Crippen LogP contribution in [0.15, 0.2) is 48.5 Å². The van der Waals surface area contributed by atoms with Crippen LogP contribution in [0.5, 0.6) is 0 Å². The first kappa shape index (κ1) is 26.9. The van der Waals surface area contributed by atoms with E-state index in [0.29, 0.717) is 0 Å². The smallest absolute Gasteiger partial charge is 0.358 e. The third-order valence-corrected chi connectivity index (χ3v) is 4.80. The van der Waals surface area contributed by atoms with Crippen molar-refractivity contribution in [2.24, 2.45) is 0 Å². The molecule has 0 N–H and O–H groups in total. The Balaban J connectivity index is 0.000000432. The number of hydrogen-bond donors (Lipinski definition) is 0. The quantitative estimate of drug-likeness (QED) is 0.194. The number of aryl methyl sites for hydroxylation is 2. The molecule has 4 rings (SSSR count). The van der Waals surface area contributed by atoms with Crippen LogP contribution in [0.4, 0.5) is 0 Å². The second-order valence-corrected chi connectivity index (χ2v) is 10.3. The first-order valence-corrected chi connectivity index (χ1v) is 12.5. The van der Waals surface area contributed by atoms with E-state index in [9.17, 15) is 0 Å². The maximum Gasteiger partial charge on any atom is 4.00 e. The molecule has 0 atom stereocenters. The molecule has 3 aromatic carbocycles. The Morgan fingerprint density at radius 1 is 1.00 bits per heavy atom. The summed E-state index contributed by atoms with van der Waals surface area (Å²) in [6.45, 7) is 16.8. The molecular formula is C26H34SiZr. The molecule has 0 aromatic heterocycles. The van der Waals surface area contributed by atoms with Crippen LogP contribution in [-0.4, -0.2) is 8.80 Å². The van der Waals surface area contributed by atoms with Gasteiger partial charge in [-0.2, -0.15) is 58.1 Å². The topological polar surface area (TPSA) is 0 Å². The van der Waals surface area contributed by atoms with Crippen molar-refractivity contribution in [2.75, 3.05) is 0 Å². The second-order valence-electron chi connectivity index (χ2n) is 7.55. The fourth-order valence-electron chi connectivity index (χ4n) is 3.13. The van der Waals surface area contributed by atoms with Gasteiger partial charge in [0, 0.05) is 0 Å². The van der Waals surface area contributed by atoms with Crippen molar-refractivity contribution < 1.29 is 26.2 Å².